The Morgan fingerprint density at radius 3 is 2.45 bits per heavy atom. The number of aryl methyl sites for hydroxylation is 3. The van der Waals surface area contributed by atoms with Crippen molar-refractivity contribution >= 4 is 23.4 Å². The molecule has 0 atom stereocenters. The summed E-state index contributed by atoms with van der Waals surface area (Å²) in [6.07, 6.45) is 0.553. The van der Waals surface area contributed by atoms with E-state index in [1.807, 2.05) is 69.3 Å². The van der Waals surface area contributed by atoms with Crippen LogP contribution in [0.5, 0.6) is 0 Å². The highest BCUT2D eigenvalue weighted by Gasteiger charge is 2.15. The third-order valence-electron chi connectivity index (χ3n) is 4.85. The molecule has 1 amide bonds. The molecule has 2 aromatic carbocycles. The quantitative estimate of drug-likeness (QED) is 0.495. The van der Waals surface area contributed by atoms with Gasteiger partial charge in [-0.15, -0.1) is 0 Å². The van der Waals surface area contributed by atoms with E-state index in [1.54, 1.807) is 7.05 Å². The zero-order valence-corrected chi connectivity index (χ0v) is 18.0. The first-order valence-corrected chi connectivity index (χ1v) is 10.4. The minimum atomic E-state index is -0.130. The van der Waals surface area contributed by atoms with Crippen LogP contribution in [0.25, 0.3) is 0 Å². The predicted molar refractivity (Wildman–Crippen MR) is 119 cm³/mol. The summed E-state index contributed by atoms with van der Waals surface area (Å²) >= 11 is 1.26. The van der Waals surface area contributed by atoms with Gasteiger partial charge in [-0.05, 0) is 44.0 Å². The highest BCUT2D eigenvalue weighted by Crippen LogP contribution is 2.18. The van der Waals surface area contributed by atoms with Gasteiger partial charge in [-0.3, -0.25) is 14.2 Å². The van der Waals surface area contributed by atoms with Gasteiger partial charge in [-0.25, -0.2) is 4.98 Å². The summed E-state index contributed by atoms with van der Waals surface area (Å²) in [5.41, 5.74) is 5.49. The van der Waals surface area contributed by atoms with Gasteiger partial charge in [0.2, 0.25) is 5.91 Å². The second-order valence-corrected chi connectivity index (χ2v) is 8.07. The molecule has 0 saturated carbocycles. The Labute approximate surface area is 175 Å². The molecule has 0 aliphatic rings. The van der Waals surface area contributed by atoms with Gasteiger partial charge >= 0.3 is 0 Å². The van der Waals surface area contributed by atoms with Crippen molar-refractivity contribution in [1.82, 2.24) is 9.55 Å². The Bertz CT molecular complexity index is 1090. The number of carbonyl (C=O) groups is 1. The molecule has 3 rings (SSSR count). The van der Waals surface area contributed by atoms with Crippen molar-refractivity contribution in [2.75, 3.05) is 11.1 Å². The van der Waals surface area contributed by atoms with Gasteiger partial charge in [0.1, 0.15) is 0 Å². The molecule has 0 fully saturated rings. The van der Waals surface area contributed by atoms with Crippen molar-refractivity contribution in [3.8, 4) is 0 Å². The molecule has 0 aliphatic carbocycles. The van der Waals surface area contributed by atoms with E-state index >= 15 is 0 Å². The zero-order valence-electron chi connectivity index (χ0n) is 17.2. The third kappa shape index (κ3) is 5.15. The van der Waals surface area contributed by atoms with Crippen LogP contribution in [0.3, 0.4) is 0 Å². The number of nitrogens with one attached hydrogen (secondary N) is 1. The number of carbonyl (C=O) groups excluding carboxylic acids is 1. The molecule has 0 radical (unpaired) electrons. The van der Waals surface area contributed by atoms with Crippen LogP contribution < -0.4 is 10.9 Å². The first-order valence-electron chi connectivity index (χ1n) is 9.45. The molecule has 5 nitrogen and oxygen atoms in total. The van der Waals surface area contributed by atoms with Crippen LogP contribution in [0, 0.1) is 20.8 Å². The second kappa shape index (κ2) is 9.09. The summed E-state index contributed by atoms with van der Waals surface area (Å²) in [5.74, 6) is 0.0554. The minimum Gasteiger partial charge on any atom is -0.325 e. The van der Waals surface area contributed by atoms with E-state index in [4.69, 9.17) is 0 Å². The van der Waals surface area contributed by atoms with Crippen molar-refractivity contribution in [3.05, 3.63) is 86.8 Å². The summed E-state index contributed by atoms with van der Waals surface area (Å²) in [4.78, 5) is 29.7. The van der Waals surface area contributed by atoms with Gasteiger partial charge in [0.15, 0.2) is 5.16 Å². The lowest BCUT2D eigenvalue weighted by Crippen LogP contribution is -2.26. The van der Waals surface area contributed by atoms with E-state index < -0.39 is 0 Å². The molecule has 29 heavy (non-hydrogen) atoms. The number of hydrogen-bond donors (Lipinski definition) is 1. The van der Waals surface area contributed by atoms with Crippen LogP contribution in [0.2, 0.25) is 0 Å². The van der Waals surface area contributed by atoms with E-state index in [1.165, 1.54) is 16.3 Å². The molecule has 0 spiro atoms. The number of aromatic nitrogens is 2. The average molecular weight is 408 g/mol. The van der Waals surface area contributed by atoms with E-state index in [9.17, 15) is 9.59 Å². The number of anilines is 1. The third-order valence-corrected chi connectivity index (χ3v) is 5.88. The molecule has 0 saturated heterocycles. The van der Waals surface area contributed by atoms with Gasteiger partial charge in [-0.1, -0.05) is 53.7 Å². The number of nitrogens with zero attached hydrogens (tertiary/aromatic N) is 2. The van der Waals surface area contributed by atoms with Crippen molar-refractivity contribution in [2.45, 2.75) is 32.3 Å². The lowest BCUT2D eigenvalue weighted by molar-refractivity contribution is -0.113. The summed E-state index contributed by atoms with van der Waals surface area (Å²) in [5, 5.41) is 3.41. The van der Waals surface area contributed by atoms with Gasteiger partial charge in [-0.2, -0.15) is 0 Å². The fourth-order valence-electron chi connectivity index (χ4n) is 3.03. The van der Waals surface area contributed by atoms with Crippen LogP contribution in [0.15, 0.2) is 58.5 Å². The van der Waals surface area contributed by atoms with Crippen LogP contribution in [0.1, 0.15) is 27.9 Å². The molecule has 0 unspecified atom stereocenters. The monoisotopic (exact) mass is 407 g/mol. The summed E-state index contributed by atoms with van der Waals surface area (Å²) in [6.45, 7) is 5.89. The molecule has 1 N–H and O–H groups in total. The Morgan fingerprint density at radius 1 is 1.07 bits per heavy atom. The van der Waals surface area contributed by atoms with Crippen LogP contribution in [0.4, 0.5) is 5.69 Å². The molecular formula is C23H25N3O2S. The van der Waals surface area contributed by atoms with Crippen LogP contribution in [-0.2, 0) is 18.3 Å². The van der Waals surface area contributed by atoms with E-state index in [0.717, 1.165) is 22.4 Å². The predicted octanol–water partition coefficient (Wildman–Crippen LogP) is 4.03. The Kier molecular flexibility index (Phi) is 6.54. The maximum Gasteiger partial charge on any atom is 0.257 e. The molecule has 3 aromatic rings. The highest BCUT2D eigenvalue weighted by atomic mass is 32.2. The zero-order chi connectivity index (χ0) is 21.0. The Morgan fingerprint density at radius 2 is 1.76 bits per heavy atom. The van der Waals surface area contributed by atoms with Crippen molar-refractivity contribution in [3.63, 3.8) is 0 Å². The Balaban J connectivity index is 1.72. The summed E-state index contributed by atoms with van der Waals surface area (Å²) < 4.78 is 1.53. The average Bonchev–Trinajstić information content (AvgIpc) is 2.70. The second-order valence-electron chi connectivity index (χ2n) is 7.13. The largest absolute Gasteiger partial charge is 0.325 e. The Hall–Kier alpha value is -2.86. The molecule has 1 aromatic heterocycles. The van der Waals surface area contributed by atoms with E-state index in [2.05, 4.69) is 10.3 Å². The topological polar surface area (TPSA) is 64.0 Å². The van der Waals surface area contributed by atoms with E-state index in [-0.39, 0.29) is 17.2 Å². The van der Waals surface area contributed by atoms with E-state index in [0.29, 0.717) is 22.8 Å². The lowest BCUT2D eigenvalue weighted by Gasteiger charge is -2.13. The summed E-state index contributed by atoms with van der Waals surface area (Å²) in [6, 6.07) is 15.7. The number of rotatable bonds is 6. The fraction of sp³-hybridized carbons (Fsp3) is 0.261. The highest BCUT2D eigenvalue weighted by molar-refractivity contribution is 7.99. The van der Waals surface area contributed by atoms with Crippen LogP contribution >= 0.6 is 11.8 Å². The standard InChI is InChI=1S/C23H25N3O2S/c1-15-9-11-19(12-10-15)25-21(27)14-29-23-24-17(3)20(22(28)26(23)4)13-18-8-6-5-7-16(18)2/h5-12H,13-14H2,1-4H3,(H,25,27). The minimum absolute atomic E-state index is 0.0674. The van der Waals surface area contributed by atoms with Gasteiger partial charge in [0.25, 0.3) is 5.56 Å². The normalized spacial score (nSPS) is 10.8. The number of hydrogen-bond acceptors (Lipinski definition) is 4. The van der Waals surface area contributed by atoms with Gasteiger partial charge in [0.05, 0.1) is 5.75 Å². The van der Waals surface area contributed by atoms with Crippen molar-refractivity contribution < 1.29 is 4.79 Å². The molecule has 0 bridgehead atoms. The summed E-state index contributed by atoms with van der Waals surface area (Å²) in [7, 11) is 1.70. The van der Waals surface area contributed by atoms with Crippen LogP contribution in [-0.4, -0.2) is 21.2 Å². The maximum absolute atomic E-state index is 12.9. The van der Waals surface area contributed by atoms with Gasteiger partial charge in [0, 0.05) is 30.4 Å². The SMILES string of the molecule is Cc1ccc(NC(=O)CSc2nc(C)c(Cc3ccccc3C)c(=O)n2C)cc1. The smallest absolute Gasteiger partial charge is 0.257 e. The molecule has 150 valence electrons. The number of amides is 1. The first kappa shape index (κ1) is 20.9. The molecule has 1 heterocycles. The van der Waals surface area contributed by atoms with Crippen molar-refractivity contribution in [1.29, 1.82) is 0 Å². The fourth-order valence-corrected chi connectivity index (χ4v) is 3.84. The number of benzene rings is 2. The maximum atomic E-state index is 12.9. The molecule has 6 heteroatoms. The first-order chi connectivity index (χ1) is 13.8. The van der Waals surface area contributed by atoms with Gasteiger partial charge < -0.3 is 5.32 Å². The van der Waals surface area contributed by atoms with Crippen molar-refractivity contribution in [2.24, 2.45) is 7.05 Å². The lowest BCUT2D eigenvalue weighted by atomic mass is 10.0. The molecular weight excluding hydrogens is 382 g/mol. The number of thioether (sulfide) groups is 1. The molecule has 0 aliphatic heterocycles.